The zero-order chi connectivity index (χ0) is 12.2. The average Bonchev–Trinajstić information content (AvgIpc) is 2.60. The van der Waals surface area contributed by atoms with E-state index in [2.05, 4.69) is 39.9 Å². The quantitative estimate of drug-likeness (QED) is 0.750. The summed E-state index contributed by atoms with van der Waals surface area (Å²) in [6.07, 6.45) is 1.50. The van der Waals surface area contributed by atoms with E-state index in [0.717, 1.165) is 19.6 Å². The molecule has 94 valence electrons. The predicted octanol–water partition coefficient (Wildman–Crippen LogP) is 1.52. The van der Waals surface area contributed by atoms with E-state index in [1.165, 1.54) is 0 Å². The third kappa shape index (κ3) is 1.60. The normalized spacial score (nSPS) is 41.6. The first-order chi connectivity index (χ1) is 7.18. The smallest absolute Gasteiger partial charge is 0.0691 e. The molecule has 3 heteroatoms. The second-order valence-electron chi connectivity index (χ2n) is 7.05. The van der Waals surface area contributed by atoms with E-state index < -0.39 is 0 Å². The van der Waals surface area contributed by atoms with Gasteiger partial charge in [-0.05, 0) is 27.2 Å². The minimum absolute atomic E-state index is 0.0897. The largest absolute Gasteiger partial charge is 0.377 e. The van der Waals surface area contributed by atoms with Gasteiger partial charge in [0.1, 0.15) is 0 Å². The molecule has 2 aliphatic rings. The van der Waals surface area contributed by atoms with Gasteiger partial charge >= 0.3 is 0 Å². The number of hydrogen-bond donors (Lipinski definition) is 2. The summed E-state index contributed by atoms with van der Waals surface area (Å²) in [6.45, 7) is 12.8. The molecule has 1 aliphatic carbocycles. The van der Waals surface area contributed by atoms with Crippen molar-refractivity contribution in [2.24, 2.45) is 17.1 Å². The summed E-state index contributed by atoms with van der Waals surface area (Å²) < 4.78 is 5.79. The molecule has 0 amide bonds. The highest BCUT2D eigenvalue weighted by Crippen LogP contribution is 2.57. The van der Waals surface area contributed by atoms with Crippen molar-refractivity contribution < 1.29 is 4.74 Å². The summed E-state index contributed by atoms with van der Waals surface area (Å²) in [7, 11) is 0. The molecular weight excluding hydrogens is 200 g/mol. The summed E-state index contributed by atoms with van der Waals surface area (Å²) in [5.74, 6) is 0.539. The average molecular weight is 226 g/mol. The topological polar surface area (TPSA) is 47.3 Å². The molecule has 0 aromatic carbocycles. The van der Waals surface area contributed by atoms with E-state index in [-0.39, 0.29) is 16.5 Å². The van der Waals surface area contributed by atoms with Gasteiger partial charge in [0.25, 0.3) is 0 Å². The number of nitrogens with one attached hydrogen (secondary N) is 1. The highest BCUT2D eigenvalue weighted by Gasteiger charge is 2.67. The lowest BCUT2D eigenvalue weighted by Gasteiger charge is -2.63. The van der Waals surface area contributed by atoms with Gasteiger partial charge in [0.15, 0.2) is 0 Å². The summed E-state index contributed by atoms with van der Waals surface area (Å²) in [5.41, 5.74) is 6.74. The molecule has 2 fully saturated rings. The van der Waals surface area contributed by atoms with Crippen LogP contribution in [-0.2, 0) is 4.74 Å². The molecule has 0 aromatic rings. The molecule has 1 heterocycles. The lowest BCUT2D eigenvalue weighted by Crippen LogP contribution is -2.78. The van der Waals surface area contributed by atoms with Crippen molar-refractivity contribution in [2.45, 2.75) is 58.2 Å². The Morgan fingerprint density at radius 2 is 2.00 bits per heavy atom. The molecule has 0 bridgehead atoms. The molecule has 0 radical (unpaired) electrons. The maximum absolute atomic E-state index is 6.63. The van der Waals surface area contributed by atoms with Gasteiger partial charge in [-0.15, -0.1) is 0 Å². The molecule has 16 heavy (non-hydrogen) atoms. The minimum Gasteiger partial charge on any atom is -0.377 e. The van der Waals surface area contributed by atoms with Gasteiger partial charge in [-0.2, -0.15) is 0 Å². The van der Waals surface area contributed by atoms with Crippen LogP contribution in [0.3, 0.4) is 0 Å². The van der Waals surface area contributed by atoms with E-state index >= 15 is 0 Å². The highest BCUT2D eigenvalue weighted by molar-refractivity contribution is 5.21. The second-order valence-corrected chi connectivity index (χ2v) is 7.05. The molecule has 3 unspecified atom stereocenters. The van der Waals surface area contributed by atoms with Crippen molar-refractivity contribution in [3.8, 4) is 0 Å². The molecule has 1 saturated carbocycles. The Labute approximate surface area is 99.1 Å². The van der Waals surface area contributed by atoms with Crippen LogP contribution in [0.4, 0.5) is 0 Å². The van der Waals surface area contributed by atoms with Crippen LogP contribution < -0.4 is 11.1 Å². The van der Waals surface area contributed by atoms with Crippen molar-refractivity contribution >= 4 is 0 Å². The zero-order valence-corrected chi connectivity index (χ0v) is 11.3. The maximum Gasteiger partial charge on any atom is 0.0691 e. The third-order valence-corrected chi connectivity index (χ3v) is 4.58. The van der Waals surface area contributed by atoms with Crippen molar-refractivity contribution in [1.82, 2.24) is 5.32 Å². The summed E-state index contributed by atoms with van der Waals surface area (Å²) in [5, 5.41) is 3.55. The van der Waals surface area contributed by atoms with Gasteiger partial charge in [-0.1, -0.05) is 13.8 Å². The molecular formula is C13H26N2O. The Kier molecular flexibility index (Phi) is 2.65. The monoisotopic (exact) mass is 226 g/mol. The Morgan fingerprint density at radius 3 is 2.56 bits per heavy atom. The van der Waals surface area contributed by atoms with Crippen molar-refractivity contribution in [3.63, 3.8) is 0 Å². The SMILES string of the molecule is CC(C)(C)NCC1(N)C2CCOC2C1(C)C. The van der Waals surface area contributed by atoms with E-state index in [4.69, 9.17) is 10.5 Å². The fourth-order valence-corrected chi connectivity index (χ4v) is 3.25. The van der Waals surface area contributed by atoms with Gasteiger partial charge in [0, 0.05) is 35.6 Å². The van der Waals surface area contributed by atoms with Crippen LogP contribution in [0.25, 0.3) is 0 Å². The van der Waals surface area contributed by atoms with E-state index in [1.54, 1.807) is 0 Å². The predicted molar refractivity (Wildman–Crippen MR) is 66.3 cm³/mol. The first kappa shape index (κ1) is 12.3. The minimum atomic E-state index is -0.110. The van der Waals surface area contributed by atoms with Crippen molar-refractivity contribution in [3.05, 3.63) is 0 Å². The van der Waals surface area contributed by atoms with Crippen LogP contribution in [0.5, 0.6) is 0 Å². The van der Waals surface area contributed by atoms with Crippen molar-refractivity contribution in [1.29, 1.82) is 0 Å². The highest BCUT2D eigenvalue weighted by atomic mass is 16.5. The van der Waals surface area contributed by atoms with Crippen LogP contribution in [-0.4, -0.2) is 30.3 Å². The Bertz CT molecular complexity index is 282. The number of rotatable bonds is 2. The molecule has 1 aliphatic heterocycles. The number of nitrogens with two attached hydrogens (primary N) is 1. The molecule has 3 nitrogen and oxygen atoms in total. The van der Waals surface area contributed by atoms with Gasteiger partial charge in [0.2, 0.25) is 0 Å². The fraction of sp³-hybridized carbons (Fsp3) is 1.00. The summed E-state index contributed by atoms with van der Waals surface area (Å²) in [4.78, 5) is 0. The van der Waals surface area contributed by atoms with Crippen molar-refractivity contribution in [2.75, 3.05) is 13.2 Å². The van der Waals surface area contributed by atoms with Gasteiger partial charge in [0.05, 0.1) is 6.10 Å². The van der Waals surface area contributed by atoms with Crippen LogP contribution in [0.1, 0.15) is 41.0 Å². The number of ether oxygens (including phenoxy) is 1. The lowest BCUT2D eigenvalue weighted by molar-refractivity contribution is -0.154. The molecule has 3 N–H and O–H groups in total. The molecule has 1 saturated heterocycles. The summed E-state index contributed by atoms with van der Waals surface area (Å²) >= 11 is 0. The van der Waals surface area contributed by atoms with Gasteiger partial charge < -0.3 is 15.8 Å². The number of hydrogen-bond acceptors (Lipinski definition) is 3. The molecule has 3 atom stereocenters. The number of fused-ring (bicyclic) bond motifs is 1. The first-order valence-corrected chi connectivity index (χ1v) is 6.34. The molecule has 2 rings (SSSR count). The fourth-order valence-electron chi connectivity index (χ4n) is 3.25. The Balaban J connectivity index is 2.07. The van der Waals surface area contributed by atoms with Crippen LogP contribution >= 0.6 is 0 Å². The standard InChI is InChI=1S/C13H26N2O/c1-11(2,3)15-8-13(14)9-6-7-16-10(9)12(13,4)5/h9-10,15H,6-8,14H2,1-5H3. The van der Waals surface area contributed by atoms with Gasteiger partial charge in [-0.25, -0.2) is 0 Å². The van der Waals surface area contributed by atoms with Gasteiger partial charge in [-0.3, -0.25) is 0 Å². The van der Waals surface area contributed by atoms with Crippen LogP contribution in [0, 0.1) is 11.3 Å². The Morgan fingerprint density at radius 1 is 1.38 bits per heavy atom. The molecule has 0 aromatic heterocycles. The van der Waals surface area contributed by atoms with Crippen LogP contribution in [0.15, 0.2) is 0 Å². The lowest BCUT2D eigenvalue weighted by atomic mass is 9.48. The van der Waals surface area contributed by atoms with E-state index in [1.807, 2.05) is 0 Å². The van der Waals surface area contributed by atoms with E-state index in [0.29, 0.717) is 12.0 Å². The third-order valence-electron chi connectivity index (χ3n) is 4.58. The van der Waals surface area contributed by atoms with E-state index in [9.17, 15) is 0 Å². The zero-order valence-electron chi connectivity index (χ0n) is 11.3. The second kappa shape index (κ2) is 3.44. The first-order valence-electron chi connectivity index (χ1n) is 6.34. The van der Waals surface area contributed by atoms with Crippen LogP contribution in [0.2, 0.25) is 0 Å². The maximum atomic E-state index is 6.63. The molecule has 0 spiro atoms. The Hall–Kier alpha value is -0.120. The summed E-state index contributed by atoms with van der Waals surface area (Å²) in [6, 6.07) is 0.